The molecule has 0 spiro atoms. The van der Waals surface area contributed by atoms with Crippen LogP contribution in [0.1, 0.15) is 66.6 Å². The summed E-state index contributed by atoms with van der Waals surface area (Å²) in [5, 5.41) is 12.7. The van der Waals surface area contributed by atoms with Gasteiger partial charge in [-0.2, -0.15) is 13.2 Å². The number of carboxylic acids is 1. The van der Waals surface area contributed by atoms with Gasteiger partial charge in [0.25, 0.3) is 5.56 Å². The fourth-order valence-electron chi connectivity index (χ4n) is 5.31. The fraction of sp³-hybridized carbons (Fsp3) is 0.424. The van der Waals surface area contributed by atoms with Crippen LogP contribution in [0.25, 0.3) is 11.1 Å². The maximum absolute atomic E-state index is 15.7. The SMILES string of the molecule is Cc1cc(-c2c(C)cccc2Cl)cc(C(CC(=O)O)NC(=O)C(CC(C)C)n2cc(CCN(C)C)c(C(F)(F)F)cc2=O)c1F. The zero-order valence-corrected chi connectivity index (χ0v) is 26.8. The number of hydrogen-bond acceptors (Lipinski definition) is 4. The van der Waals surface area contributed by atoms with Gasteiger partial charge in [0.05, 0.1) is 18.0 Å². The minimum atomic E-state index is -4.79. The number of hydrogen-bond donors (Lipinski definition) is 2. The van der Waals surface area contributed by atoms with Gasteiger partial charge in [0, 0.05) is 35.0 Å². The van der Waals surface area contributed by atoms with Gasteiger partial charge in [-0.1, -0.05) is 37.6 Å². The molecule has 2 N–H and O–H groups in total. The first-order chi connectivity index (χ1) is 20.9. The number of amides is 1. The molecule has 1 aromatic heterocycles. The second-order valence-electron chi connectivity index (χ2n) is 11.9. The van der Waals surface area contributed by atoms with Gasteiger partial charge in [0.1, 0.15) is 11.9 Å². The van der Waals surface area contributed by atoms with Crippen molar-refractivity contribution in [3.8, 4) is 11.1 Å². The van der Waals surface area contributed by atoms with Gasteiger partial charge in [-0.3, -0.25) is 14.4 Å². The molecule has 3 rings (SSSR count). The standard InChI is InChI=1S/C33H38ClF4N3O4/c1-18(2)12-27(41-17-21(10-11-40(5)6)24(15-28(41)42)33(36,37)38)32(45)39-26(16-29(43)44)23-14-22(13-20(4)31(23)35)30-19(3)8-7-9-25(30)34/h7-9,13-15,17-18,26-27H,10-12,16H2,1-6H3,(H,39,45)(H,43,44). The number of aryl methyl sites for hydroxylation is 2. The van der Waals surface area contributed by atoms with Crippen LogP contribution >= 0.6 is 11.6 Å². The van der Waals surface area contributed by atoms with E-state index in [0.717, 1.165) is 16.3 Å². The lowest BCUT2D eigenvalue weighted by molar-refractivity contribution is -0.139. The average molecular weight is 652 g/mol. The van der Waals surface area contributed by atoms with Crippen LogP contribution in [0.3, 0.4) is 0 Å². The Morgan fingerprint density at radius 3 is 2.31 bits per heavy atom. The maximum Gasteiger partial charge on any atom is 0.416 e. The van der Waals surface area contributed by atoms with E-state index in [0.29, 0.717) is 22.2 Å². The van der Waals surface area contributed by atoms with Gasteiger partial charge < -0.3 is 19.9 Å². The van der Waals surface area contributed by atoms with E-state index in [9.17, 15) is 32.7 Å². The molecule has 2 aromatic carbocycles. The van der Waals surface area contributed by atoms with Crippen molar-refractivity contribution in [2.24, 2.45) is 5.92 Å². The highest BCUT2D eigenvalue weighted by molar-refractivity contribution is 6.33. The summed E-state index contributed by atoms with van der Waals surface area (Å²) >= 11 is 6.46. The van der Waals surface area contributed by atoms with E-state index in [-0.39, 0.29) is 42.0 Å². The Kier molecular flexibility index (Phi) is 11.6. The molecule has 0 aliphatic heterocycles. The lowest BCUT2D eigenvalue weighted by Crippen LogP contribution is -2.41. The van der Waals surface area contributed by atoms with Gasteiger partial charge in [-0.15, -0.1) is 0 Å². The second-order valence-corrected chi connectivity index (χ2v) is 12.3. The number of aromatic nitrogens is 1. The molecule has 2 unspecified atom stereocenters. The Balaban J connectivity index is 2.14. The molecule has 12 heteroatoms. The predicted molar refractivity (Wildman–Crippen MR) is 166 cm³/mol. The fourth-order valence-corrected chi connectivity index (χ4v) is 5.64. The lowest BCUT2D eigenvalue weighted by Gasteiger charge is -2.27. The van der Waals surface area contributed by atoms with Crippen LogP contribution in [0.15, 0.2) is 47.4 Å². The molecule has 7 nitrogen and oxygen atoms in total. The highest BCUT2D eigenvalue weighted by Crippen LogP contribution is 2.36. The topological polar surface area (TPSA) is 91.6 Å². The van der Waals surface area contributed by atoms with E-state index in [1.54, 1.807) is 51.0 Å². The highest BCUT2D eigenvalue weighted by atomic mass is 35.5. The van der Waals surface area contributed by atoms with E-state index < -0.39 is 53.5 Å². The summed E-state index contributed by atoms with van der Waals surface area (Å²) in [7, 11) is 3.40. The van der Waals surface area contributed by atoms with E-state index in [1.807, 2.05) is 13.0 Å². The lowest BCUT2D eigenvalue weighted by atomic mass is 9.92. The third-order valence-corrected chi connectivity index (χ3v) is 7.81. The third-order valence-electron chi connectivity index (χ3n) is 7.49. The monoisotopic (exact) mass is 651 g/mol. The summed E-state index contributed by atoms with van der Waals surface area (Å²) in [4.78, 5) is 40.6. The number of carboxylic acid groups (broad SMARTS) is 1. The summed E-state index contributed by atoms with van der Waals surface area (Å²) in [5.74, 6) is -3.07. The summed E-state index contributed by atoms with van der Waals surface area (Å²) in [5.41, 5.74) is -0.273. The quantitative estimate of drug-likeness (QED) is 0.207. The van der Waals surface area contributed by atoms with Gasteiger partial charge in [-0.05, 0) is 87.2 Å². The molecular formula is C33H38ClF4N3O4. The molecule has 0 aliphatic rings. The van der Waals surface area contributed by atoms with E-state index >= 15 is 4.39 Å². The normalized spacial score (nSPS) is 13.3. The molecule has 0 radical (unpaired) electrons. The van der Waals surface area contributed by atoms with Crippen LogP contribution in [-0.2, 0) is 22.2 Å². The molecular weight excluding hydrogens is 614 g/mol. The minimum Gasteiger partial charge on any atom is -0.481 e. The number of likely N-dealkylation sites (N-methyl/N-ethyl adjacent to an activating group) is 1. The molecule has 0 saturated heterocycles. The Labute approximate surface area is 264 Å². The Bertz CT molecular complexity index is 1600. The number of nitrogens with zero attached hydrogens (tertiary/aromatic N) is 2. The van der Waals surface area contributed by atoms with Gasteiger partial charge in [0.2, 0.25) is 5.91 Å². The first kappa shape index (κ1) is 35.8. The van der Waals surface area contributed by atoms with Crippen LogP contribution in [-0.4, -0.2) is 47.1 Å². The number of halogens is 5. The molecule has 0 aliphatic carbocycles. The molecule has 0 bridgehead atoms. The number of carbonyl (C=O) groups excluding carboxylic acids is 1. The molecule has 0 fully saturated rings. The van der Waals surface area contributed by atoms with Gasteiger partial charge >= 0.3 is 12.1 Å². The number of aliphatic carboxylic acids is 1. The van der Waals surface area contributed by atoms with Crippen LogP contribution in [0.2, 0.25) is 5.02 Å². The number of alkyl halides is 3. The first-order valence-electron chi connectivity index (χ1n) is 14.4. The molecule has 1 amide bonds. The van der Waals surface area contributed by atoms with E-state index in [1.165, 1.54) is 13.0 Å². The van der Waals surface area contributed by atoms with Crippen molar-refractivity contribution in [1.82, 2.24) is 14.8 Å². The molecule has 45 heavy (non-hydrogen) atoms. The van der Waals surface area contributed by atoms with Crippen LogP contribution < -0.4 is 10.9 Å². The smallest absolute Gasteiger partial charge is 0.416 e. The summed E-state index contributed by atoms with van der Waals surface area (Å²) < 4.78 is 58.2. The minimum absolute atomic E-state index is 0.0431. The molecule has 244 valence electrons. The zero-order valence-electron chi connectivity index (χ0n) is 26.1. The van der Waals surface area contributed by atoms with Crippen molar-refractivity contribution in [3.05, 3.63) is 91.6 Å². The third kappa shape index (κ3) is 8.94. The van der Waals surface area contributed by atoms with Crippen molar-refractivity contribution in [3.63, 3.8) is 0 Å². The van der Waals surface area contributed by atoms with Crippen LogP contribution in [0, 0.1) is 25.6 Å². The first-order valence-corrected chi connectivity index (χ1v) is 14.8. The number of rotatable bonds is 12. The summed E-state index contributed by atoms with van der Waals surface area (Å²) in [6, 6.07) is 6.08. The number of carbonyl (C=O) groups is 2. The molecule has 0 saturated carbocycles. The molecule has 1 heterocycles. The zero-order chi connectivity index (χ0) is 33.8. The van der Waals surface area contributed by atoms with Crippen molar-refractivity contribution < 1.29 is 32.3 Å². The van der Waals surface area contributed by atoms with Crippen molar-refractivity contribution in [2.45, 2.75) is 65.2 Å². The second kappa shape index (κ2) is 14.6. The number of nitrogens with one attached hydrogen (secondary N) is 1. The largest absolute Gasteiger partial charge is 0.481 e. The van der Waals surface area contributed by atoms with Crippen LogP contribution in [0.4, 0.5) is 17.6 Å². The molecule has 2 atom stereocenters. The van der Waals surface area contributed by atoms with Crippen LogP contribution in [0.5, 0.6) is 0 Å². The van der Waals surface area contributed by atoms with Crippen molar-refractivity contribution in [2.75, 3.05) is 20.6 Å². The Morgan fingerprint density at radius 2 is 1.76 bits per heavy atom. The van der Waals surface area contributed by atoms with Crippen molar-refractivity contribution in [1.29, 1.82) is 0 Å². The van der Waals surface area contributed by atoms with E-state index in [2.05, 4.69) is 5.32 Å². The van der Waals surface area contributed by atoms with E-state index in [4.69, 9.17) is 11.6 Å². The maximum atomic E-state index is 15.7. The predicted octanol–water partition coefficient (Wildman–Crippen LogP) is 6.97. The summed E-state index contributed by atoms with van der Waals surface area (Å²) in [6.07, 6.45) is -4.43. The van der Waals surface area contributed by atoms with Crippen molar-refractivity contribution >= 4 is 23.5 Å². The average Bonchev–Trinajstić information content (AvgIpc) is 2.91. The van der Waals surface area contributed by atoms with Gasteiger partial charge in [-0.25, -0.2) is 4.39 Å². The van der Waals surface area contributed by atoms with Gasteiger partial charge in [0.15, 0.2) is 0 Å². The Hall–Kier alpha value is -3.70. The Morgan fingerprint density at radius 1 is 1.09 bits per heavy atom. The number of pyridine rings is 1. The number of benzene rings is 2. The molecule has 3 aromatic rings. The summed E-state index contributed by atoms with van der Waals surface area (Å²) in [6.45, 7) is 7.13. The highest BCUT2D eigenvalue weighted by Gasteiger charge is 2.36.